The van der Waals surface area contributed by atoms with E-state index >= 15 is 0 Å². The molecule has 7 heteroatoms. The number of rotatable bonds is 3. The van der Waals surface area contributed by atoms with Crippen molar-refractivity contribution in [2.45, 2.75) is 44.7 Å². The molecule has 21 heavy (non-hydrogen) atoms. The van der Waals surface area contributed by atoms with Gasteiger partial charge in [0.15, 0.2) is 0 Å². The molecule has 0 aliphatic carbocycles. The Balaban J connectivity index is 1.80. The van der Waals surface area contributed by atoms with Crippen LogP contribution in [0.5, 0.6) is 0 Å². The van der Waals surface area contributed by atoms with Crippen LogP contribution in [-0.2, 0) is 14.3 Å². The molecule has 2 saturated heterocycles. The molecule has 0 bridgehead atoms. The van der Waals surface area contributed by atoms with E-state index < -0.39 is 0 Å². The van der Waals surface area contributed by atoms with Crippen molar-refractivity contribution in [3.63, 3.8) is 0 Å². The number of nitrogens with one attached hydrogen (secondary N) is 1. The number of nitrogens with zero attached hydrogens (tertiary/aromatic N) is 2. The van der Waals surface area contributed by atoms with Gasteiger partial charge >= 0.3 is 6.09 Å². The quantitative estimate of drug-likeness (QED) is 0.760. The van der Waals surface area contributed by atoms with Crippen LogP contribution >= 0.6 is 0 Å². The zero-order valence-electron chi connectivity index (χ0n) is 12.6. The molecule has 2 heterocycles. The largest absolute Gasteiger partial charge is 0.450 e. The molecular formula is C14H23N3O4. The Morgan fingerprint density at radius 3 is 2.57 bits per heavy atom. The van der Waals surface area contributed by atoms with E-state index in [1.54, 1.807) is 11.8 Å². The maximum absolute atomic E-state index is 12.0. The van der Waals surface area contributed by atoms with E-state index in [9.17, 15) is 14.4 Å². The smallest absolute Gasteiger partial charge is 0.409 e. The van der Waals surface area contributed by atoms with Crippen molar-refractivity contribution in [2.75, 3.05) is 26.7 Å². The molecule has 2 fully saturated rings. The minimum absolute atomic E-state index is 0.116. The highest BCUT2D eigenvalue weighted by Crippen LogP contribution is 2.16. The van der Waals surface area contributed by atoms with E-state index in [2.05, 4.69) is 5.32 Å². The molecule has 1 N–H and O–H groups in total. The Hall–Kier alpha value is -1.63. The van der Waals surface area contributed by atoms with E-state index in [4.69, 9.17) is 4.74 Å². The third-order valence-electron chi connectivity index (χ3n) is 4.11. The first kappa shape index (κ1) is 15.8. The highest BCUT2D eigenvalue weighted by molar-refractivity contribution is 6.00. The van der Waals surface area contributed by atoms with E-state index in [0.29, 0.717) is 32.5 Å². The van der Waals surface area contributed by atoms with Gasteiger partial charge in [0, 0.05) is 32.6 Å². The Morgan fingerprint density at radius 1 is 1.29 bits per heavy atom. The van der Waals surface area contributed by atoms with E-state index in [0.717, 1.165) is 12.8 Å². The molecule has 0 aromatic rings. The van der Waals surface area contributed by atoms with Gasteiger partial charge in [0.05, 0.1) is 12.6 Å². The molecule has 0 aromatic heterocycles. The molecule has 3 amide bonds. The van der Waals surface area contributed by atoms with Crippen molar-refractivity contribution < 1.29 is 19.1 Å². The second kappa shape index (κ2) is 6.89. The Labute approximate surface area is 124 Å². The molecule has 0 spiro atoms. The normalized spacial score (nSPS) is 24.4. The maximum atomic E-state index is 12.0. The highest BCUT2D eigenvalue weighted by Gasteiger charge is 2.34. The van der Waals surface area contributed by atoms with E-state index in [-0.39, 0.29) is 30.0 Å². The van der Waals surface area contributed by atoms with Crippen LogP contribution in [0.3, 0.4) is 0 Å². The lowest BCUT2D eigenvalue weighted by Gasteiger charge is -2.35. The maximum Gasteiger partial charge on any atom is 0.409 e. The molecule has 1 atom stereocenters. The number of ether oxygens (including phenoxy) is 1. The number of hydrogen-bond acceptors (Lipinski definition) is 5. The van der Waals surface area contributed by atoms with Gasteiger partial charge in [0.2, 0.25) is 11.8 Å². The third-order valence-corrected chi connectivity index (χ3v) is 4.11. The summed E-state index contributed by atoms with van der Waals surface area (Å²) >= 11 is 0. The summed E-state index contributed by atoms with van der Waals surface area (Å²) in [7, 11) is 1.53. The molecular weight excluding hydrogens is 274 g/mol. The number of imide groups is 1. The van der Waals surface area contributed by atoms with Crippen molar-refractivity contribution in [1.29, 1.82) is 0 Å². The lowest BCUT2D eigenvalue weighted by atomic mass is 9.99. The fourth-order valence-electron chi connectivity index (χ4n) is 2.80. The van der Waals surface area contributed by atoms with Gasteiger partial charge in [-0.05, 0) is 26.2 Å². The summed E-state index contributed by atoms with van der Waals surface area (Å²) in [6.45, 7) is 3.44. The van der Waals surface area contributed by atoms with E-state index in [1.165, 1.54) is 11.9 Å². The second-order valence-electron chi connectivity index (χ2n) is 5.51. The number of carbonyl (C=O) groups excluding carboxylic acids is 3. The average molecular weight is 297 g/mol. The fraction of sp³-hybridized carbons (Fsp3) is 0.786. The van der Waals surface area contributed by atoms with Gasteiger partial charge < -0.3 is 15.0 Å². The van der Waals surface area contributed by atoms with Crippen molar-refractivity contribution in [1.82, 2.24) is 15.1 Å². The van der Waals surface area contributed by atoms with Crippen LogP contribution in [0.25, 0.3) is 0 Å². The second-order valence-corrected chi connectivity index (χ2v) is 5.51. The third kappa shape index (κ3) is 3.72. The molecule has 2 aliphatic heterocycles. The summed E-state index contributed by atoms with van der Waals surface area (Å²) in [5, 5.41) is 3.33. The van der Waals surface area contributed by atoms with Crippen LogP contribution in [0.4, 0.5) is 4.79 Å². The van der Waals surface area contributed by atoms with Crippen molar-refractivity contribution >= 4 is 17.9 Å². The zero-order chi connectivity index (χ0) is 15.4. The predicted octanol–water partition coefficient (Wildman–Crippen LogP) is 0.344. The average Bonchev–Trinajstić information content (AvgIpc) is 2.49. The van der Waals surface area contributed by atoms with Crippen molar-refractivity contribution in [3.8, 4) is 0 Å². The molecule has 7 nitrogen and oxygen atoms in total. The first-order valence-electron chi connectivity index (χ1n) is 7.51. The van der Waals surface area contributed by atoms with Crippen LogP contribution in [-0.4, -0.2) is 66.5 Å². The van der Waals surface area contributed by atoms with Crippen LogP contribution in [0.1, 0.15) is 32.6 Å². The predicted molar refractivity (Wildman–Crippen MR) is 75.6 cm³/mol. The molecule has 2 rings (SSSR count). The number of amides is 3. The zero-order valence-corrected chi connectivity index (χ0v) is 12.6. The van der Waals surface area contributed by atoms with Gasteiger partial charge in [-0.15, -0.1) is 0 Å². The number of carbonyl (C=O) groups is 3. The summed E-state index contributed by atoms with van der Waals surface area (Å²) < 4.78 is 4.98. The molecule has 1 unspecified atom stereocenters. The summed E-state index contributed by atoms with van der Waals surface area (Å²) in [5.41, 5.74) is 0. The van der Waals surface area contributed by atoms with E-state index in [1.807, 2.05) is 0 Å². The summed E-state index contributed by atoms with van der Waals surface area (Å²) in [5.74, 6) is -0.269. The van der Waals surface area contributed by atoms with Crippen molar-refractivity contribution in [2.24, 2.45) is 0 Å². The lowest BCUT2D eigenvalue weighted by molar-refractivity contribution is -0.148. The molecule has 0 aromatic carbocycles. The monoisotopic (exact) mass is 297 g/mol. The minimum Gasteiger partial charge on any atom is -0.450 e. The van der Waals surface area contributed by atoms with Gasteiger partial charge in [0.25, 0.3) is 0 Å². The van der Waals surface area contributed by atoms with Crippen LogP contribution in [0.15, 0.2) is 0 Å². The standard InChI is InChI=1S/C14H23N3O4/c1-3-21-14(20)17-8-6-10(7-9-17)15-11-4-5-12(18)16(2)13(11)19/h10-11,15H,3-9H2,1-2H3. The van der Waals surface area contributed by atoms with Gasteiger partial charge in [-0.3, -0.25) is 14.5 Å². The van der Waals surface area contributed by atoms with Crippen LogP contribution in [0, 0.1) is 0 Å². The molecule has 0 radical (unpaired) electrons. The topological polar surface area (TPSA) is 79.0 Å². The number of likely N-dealkylation sites (tertiary alicyclic amines) is 2. The molecule has 0 saturated carbocycles. The molecule has 118 valence electrons. The van der Waals surface area contributed by atoms with Gasteiger partial charge in [-0.25, -0.2) is 4.79 Å². The summed E-state index contributed by atoms with van der Waals surface area (Å²) in [6.07, 6.45) is 2.28. The van der Waals surface area contributed by atoms with Crippen LogP contribution in [0.2, 0.25) is 0 Å². The fourth-order valence-corrected chi connectivity index (χ4v) is 2.80. The Kier molecular flexibility index (Phi) is 5.17. The SMILES string of the molecule is CCOC(=O)N1CCC(NC2CCC(=O)N(C)C2=O)CC1. The number of likely N-dealkylation sites (N-methyl/N-ethyl adjacent to an activating group) is 1. The van der Waals surface area contributed by atoms with Gasteiger partial charge in [-0.2, -0.15) is 0 Å². The Morgan fingerprint density at radius 2 is 1.95 bits per heavy atom. The van der Waals surface area contributed by atoms with Gasteiger partial charge in [0.1, 0.15) is 0 Å². The minimum atomic E-state index is -0.285. The number of hydrogen-bond donors (Lipinski definition) is 1. The lowest BCUT2D eigenvalue weighted by Crippen LogP contribution is -2.56. The first-order valence-corrected chi connectivity index (χ1v) is 7.51. The summed E-state index contributed by atoms with van der Waals surface area (Å²) in [6, 6.07) is -0.0851. The van der Waals surface area contributed by atoms with Crippen LogP contribution < -0.4 is 5.32 Å². The summed E-state index contributed by atoms with van der Waals surface area (Å²) in [4.78, 5) is 38.0. The number of piperidine rings is 2. The highest BCUT2D eigenvalue weighted by atomic mass is 16.6. The van der Waals surface area contributed by atoms with Crippen molar-refractivity contribution in [3.05, 3.63) is 0 Å². The first-order chi connectivity index (χ1) is 10.0. The molecule has 2 aliphatic rings. The Bertz CT molecular complexity index is 418. The van der Waals surface area contributed by atoms with Gasteiger partial charge in [-0.1, -0.05) is 0 Å².